The van der Waals surface area contributed by atoms with Crippen LogP contribution in [0.1, 0.15) is 20.3 Å². The molecule has 1 heterocycles. The quantitative estimate of drug-likeness (QED) is 0.651. The lowest BCUT2D eigenvalue weighted by molar-refractivity contribution is 0.273. The van der Waals surface area contributed by atoms with E-state index in [1.54, 1.807) is 6.07 Å². The summed E-state index contributed by atoms with van der Waals surface area (Å²) in [6.45, 7) is 6.33. The SMILES string of the molecule is CC(C)N(C)CCCNc1ccc(N)c(N)n1. The van der Waals surface area contributed by atoms with Crippen LogP contribution in [0.15, 0.2) is 12.1 Å². The van der Waals surface area contributed by atoms with Gasteiger partial charge in [-0.15, -0.1) is 0 Å². The van der Waals surface area contributed by atoms with Crippen LogP contribution in [-0.2, 0) is 0 Å². The molecule has 0 fully saturated rings. The standard InChI is InChI=1S/C12H23N5/c1-9(2)17(3)8-4-7-15-11-6-5-10(13)12(14)16-11/h5-6,9H,4,7-8,13H2,1-3H3,(H3,14,15,16). The van der Waals surface area contributed by atoms with Crippen LogP contribution in [0.2, 0.25) is 0 Å². The minimum atomic E-state index is 0.384. The number of aromatic nitrogens is 1. The number of hydrogen-bond acceptors (Lipinski definition) is 5. The highest BCUT2D eigenvalue weighted by molar-refractivity contribution is 5.61. The van der Waals surface area contributed by atoms with Crippen LogP contribution in [-0.4, -0.2) is 36.1 Å². The maximum absolute atomic E-state index is 5.63. The zero-order valence-corrected chi connectivity index (χ0v) is 10.9. The largest absolute Gasteiger partial charge is 0.396 e. The third-order valence-electron chi connectivity index (χ3n) is 2.83. The van der Waals surface area contributed by atoms with Crippen LogP contribution >= 0.6 is 0 Å². The van der Waals surface area contributed by atoms with Gasteiger partial charge in [-0.05, 0) is 46.0 Å². The summed E-state index contributed by atoms with van der Waals surface area (Å²) in [5.41, 5.74) is 11.7. The molecule has 0 aromatic carbocycles. The summed E-state index contributed by atoms with van der Waals surface area (Å²) in [6, 6.07) is 4.20. The molecule has 5 heteroatoms. The number of anilines is 3. The van der Waals surface area contributed by atoms with E-state index in [0.29, 0.717) is 17.5 Å². The molecule has 0 amide bonds. The van der Waals surface area contributed by atoms with Crippen LogP contribution in [0.25, 0.3) is 0 Å². The van der Waals surface area contributed by atoms with Crippen molar-refractivity contribution in [3.63, 3.8) is 0 Å². The van der Waals surface area contributed by atoms with Crippen molar-refractivity contribution in [3.05, 3.63) is 12.1 Å². The number of nitrogen functional groups attached to an aromatic ring is 2. The third-order valence-corrected chi connectivity index (χ3v) is 2.83. The molecule has 0 bridgehead atoms. The first-order valence-corrected chi connectivity index (χ1v) is 5.97. The number of rotatable bonds is 6. The van der Waals surface area contributed by atoms with E-state index in [1.807, 2.05) is 6.07 Å². The summed E-state index contributed by atoms with van der Waals surface area (Å²) in [7, 11) is 2.13. The van der Waals surface area contributed by atoms with Crippen LogP contribution in [0.3, 0.4) is 0 Å². The lowest BCUT2D eigenvalue weighted by Gasteiger charge is -2.20. The van der Waals surface area contributed by atoms with Crippen molar-refractivity contribution in [1.29, 1.82) is 0 Å². The minimum Gasteiger partial charge on any atom is -0.396 e. The normalized spacial score (nSPS) is 11.1. The molecule has 0 aliphatic heterocycles. The van der Waals surface area contributed by atoms with Crippen LogP contribution in [0, 0.1) is 0 Å². The molecule has 5 N–H and O–H groups in total. The molecule has 1 rings (SSSR count). The van der Waals surface area contributed by atoms with Gasteiger partial charge in [-0.1, -0.05) is 0 Å². The van der Waals surface area contributed by atoms with E-state index in [2.05, 4.69) is 36.1 Å². The molecule has 17 heavy (non-hydrogen) atoms. The average Bonchev–Trinajstić information content (AvgIpc) is 2.28. The van der Waals surface area contributed by atoms with Crippen molar-refractivity contribution in [1.82, 2.24) is 9.88 Å². The molecule has 0 radical (unpaired) electrons. The topological polar surface area (TPSA) is 80.2 Å². The predicted molar refractivity (Wildman–Crippen MR) is 73.9 cm³/mol. The third kappa shape index (κ3) is 4.48. The molecular weight excluding hydrogens is 214 g/mol. The van der Waals surface area contributed by atoms with Crippen molar-refractivity contribution in [3.8, 4) is 0 Å². The smallest absolute Gasteiger partial charge is 0.149 e. The van der Waals surface area contributed by atoms with Crippen molar-refractivity contribution in [2.24, 2.45) is 0 Å². The van der Waals surface area contributed by atoms with Gasteiger partial charge in [-0.3, -0.25) is 0 Å². The first kappa shape index (κ1) is 13.6. The molecule has 1 aromatic heterocycles. The Morgan fingerprint density at radius 2 is 2.06 bits per heavy atom. The Hall–Kier alpha value is -1.49. The summed E-state index contributed by atoms with van der Waals surface area (Å²) < 4.78 is 0. The van der Waals surface area contributed by atoms with Gasteiger partial charge in [0.1, 0.15) is 11.6 Å². The molecule has 0 spiro atoms. The highest BCUT2D eigenvalue weighted by Gasteiger charge is 2.02. The Labute approximate surface area is 103 Å². The van der Waals surface area contributed by atoms with E-state index in [9.17, 15) is 0 Å². The number of hydrogen-bond donors (Lipinski definition) is 3. The molecule has 0 atom stereocenters. The van der Waals surface area contributed by atoms with E-state index >= 15 is 0 Å². The van der Waals surface area contributed by atoms with Gasteiger partial charge < -0.3 is 21.7 Å². The monoisotopic (exact) mass is 237 g/mol. The van der Waals surface area contributed by atoms with Gasteiger partial charge in [0.15, 0.2) is 0 Å². The molecule has 0 saturated heterocycles. The fraction of sp³-hybridized carbons (Fsp3) is 0.583. The summed E-state index contributed by atoms with van der Waals surface area (Å²) in [4.78, 5) is 6.46. The fourth-order valence-electron chi connectivity index (χ4n) is 1.39. The Morgan fingerprint density at radius 1 is 1.35 bits per heavy atom. The molecule has 0 unspecified atom stereocenters. The van der Waals surface area contributed by atoms with E-state index < -0.39 is 0 Å². The predicted octanol–water partition coefficient (Wildman–Crippen LogP) is 1.39. The van der Waals surface area contributed by atoms with Gasteiger partial charge in [0.2, 0.25) is 0 Å². The zero-order chi connectivity index (χ0) is 12.8. The molecule has 5 nitrogen and oxygen atoms in total. The van der Waals surface area contributed by atoms with Crippen molar-refractivity contribution in [2.75, 3.05) is 36.9 Å². The second-order valence-corrected chi connectivity index (χ2v) is 4.53. The molecule has 0 saturated carbocycles. The van der Waals surface area contributed by atoms with Gasteiger partial charge >= 0.3 is 0 Å². The second kappa shape index (κ2) is 6.30. The molecule has 0 aliphatic rings. The second-order valence-electron chi connectivity index (χ2n) is 4.53. The number of pyridine rings is 1. The fourth-order valence-corrected chi connectivity index (χ4v) is 1.39. The van der Waals surface area contributed by atoms with Gasteiger partial charge in [-0.25, -0.2) is 4.98 Å². The van der Waals surface area contributed by atoms with E-state index in [0.717, 1.165) is 25.3 Å². The first-order chi connectivity index (χ1) is 8.00. The molecule has 0 aliphatic carbocycles. The minimum absolute atomic E-state index is 0.384. The number of nitrogens with one attached hydrogen (secondary N) is 1. The van der Waals surface area contributed by atoms with Gasteiger partial charge in [-0.2, -0.15) is 0 Å². The number of nitrogens with two attached hydrogens (primary N) is 2. The lowest BCUT2D eigenvalue weighted by Crippen LogP contribution is -2.28. The highest BCUT2D eigenvalue weighted by Crippen LogP contribution is 2.14. The van der Waals surface area contributed by atoms with E-state index in [4.69, 9.17) is 11.5 Å². The van der Waals surface area contributed by atoms with Crippen molar-refractivity contribution in [2.45, 2.75) is 26.3 Å². The zero-order valence-electron chi connectivity index (χ0n) is 10.9. The summed E-state index contributed by atoms with van der Waals surface area (Å²) in [6.07, 6.45) is 1.07. The van der Waals surface area contributed by atoms with Gasteiger partial charge in [0.25, 0.3) is 0 Å². The van der Waals surface area contributed by atoms with Gasteiger partial charge in [0.05, 0.1) is 5.69 Å². The maximum Gasteiger partial charge on any atom is 0.149 e. The van der Waals surface area contributed by atoms with Crippen molar-refractivity contribution < 1.29 is 0 Å². The number of nitrogens with zero attached hydrogens (tertiary/aromatic N) is 2. The Balaban J connectivity index is 2.29. The van der Waals surface area contributed by atoms with E-state index in [-0.39, 0.29) is 0 Å². The Morgan fingerprint density at radius 3 is 2.65 bits per heavy atom. The summed E-state index contributed by atoms with van der Waals surface area (Å²) in [5.74, 6) is 1.16. The lowest BCUT2D eigenvalue weighted by atomic mass is 10.3. The Kier molecular flexibility index (Phi) is 5.03. The molecule has 1 aromatic rings. The van der Waals surface area contributed by atoms with E-state index in [1.165, 1.54) is 0 Å². The maximum atomic E-state index is 5.63. The van der Waals surface area contributed by atoms with Gasteiger partial charge in [0, 0.05) is 12.6 Å². The summed E-state index contributed by atoms with van der Waals surface area (Å²) in [5, 5.41) is 3.23. The van der Waals surface area contributed by atoms with Crippen LogP contribution in [0.5, 0.6) is 0 Å². The first-order valence-electron chi connectivity index (χ1n) is 5.97. The average molecular weight is 237 g/mol. The molecule has 96 valence electrons. The van der Waals surface area contributed by atoms with Crippen LogP contribution < -0.4 is 16.8 Å². The van der Waals surface area contributed by atoms with Crippen LogP contribution in [0.4, 0.5) is 17.3 Å². The van der Waals surface area contributed by atoms with Crippen molar-refractivity contribution >= 4 is 17.3 Å². The molecular formula is C12H23N5. The Bertz CT molecular complexity index is 351. The summed E-state index contributed by atoms with van der Waals surface area (Å²) >= 11 is 0. The highest BCUT2D eigenvalue weighted by atomic mass is 15.1.